The van der Waals surface area contributed by atoms with Gasteiger partial charge in [-0.05, 0) is 35.9 Å². The summed E-state index contributed by atoms with van der Waals surface area (Å²) in [6, 6.07) is 9.84. The highest BCUT2D eigenvalue weighted by atomic mass is 16.6. The van der Waals surface area contributed by atoms with Gasteiger partial charge in [0.25, 0.3) is 11.6 Å². The molecule has 2 rings (SSSR count). The fourth-order valence-electron chi connectivity index (χ4n) is 2.10. The molecule has 0 aliphatic heterocycles. The van der Waals surface area contributed by atoms with Gasteiger partial charge in [0.2, 0.25) is 0 Å². The van der Waals surface area contributed by atoms with E-state index in [-0.39, 0.29) is 22.5 Å². The molecule has 0 saturated heterocycles. The summed E-state index contributed by atoms with van der Waals surface area (Å²) < 4.78 is 0. The van der Waals surface area contributed by atoms with E-state index in [0.717, 1.165) is 12.3 Å². The zero-order valence-electron chi connectivity index (χ0n) is 14.1. The Morgan fingerprint density at radius 2 is 1.96 bits per heavy atom. The molecule has 0 radical (unpaired) electrons. The number of amides is 2. The second-order valence-electron chi connectivity index (χ2n) is 5.23. The van der Waals surface area contributed by atoms with Crippen LogP contribution in [0.4, 0.5) is 11.4 Å². The Hall–Kier alpha value is -4.25. The Bertz CT molecular complexity index is 986. The fourth-order valence-corrected chi connectivity index (χ4v) is 2.10. The average molecular weight is 383 g/mol. The molecular weight excluding hydrogens is 370 g/mol. The first-order valence-electron chi connectivity index (χ1n) is 7.62. The number of carbonyl (C=O) groups is 2. The highest BCUT2D eigenvalue weighted by molar-refractivity contribution is 5.96. The molecule has 0 atom stereocenters. The predicted molar refractivity (Wildman–Crippen MR) is 99.8 cm³/mol. The van der Waals surface area contributed by atoms with Gasteiger partial charge in [-0.3, -0.25) is 30.4 Å². The minimum atomic E-state index is -0.958. The van der Waals surface area contributed by atoms with E-state index < -0.39 is 16.7 Å². The minimum Gasteiger partial charge on any atom is -0.291 e. The van der Waals surface area contributed by atoms with Gasteiger partial charge < -0.3 is 0 Å². The van der Waals surface area contributed by atoms with Crippen molar-refractivity contribution in [3.8, 4) is 0 Å². The van der Waals surface area contributed by atoms with Crippen LogP contribution in [0.1, 0.15) is 21.5 Å². The molecule has 3 N–H and O–H groups in total. The first-order chi connectivity index (χ1) is 13.4. The standard InChI is InChI=1S/C17H13N5O6/c23-16(21-26)7-4-11-2-1-3-12(8-11)17(24)19-18-10-13-9-14(20-25)5-6-15(13)22(27)28/h1-10,20,25H,(H,19,24). The van der Waals surface area contributed by atoms with Crippen LogP contribution < -0.4 is 10.9 Å². The monoisotopic (exact) mass is 383 g/mol. The van der Waals surface area contributed by atoms with Crippen molar-refractivity contribution in [2.24, 2.45) is 10.3 Å². The van der Waals surface area contributed by atoms with Gasteiger partial charge in [0.15, 0.2) is 0 Å². The quantitative estimate of drug-likeness (QED) is 0.217. The number of anilines is 1. The van der Waals surface area contributed by atoms with Crippen LogP contribution in [0.15, 0.2) is 58.8 Å². The van der Waals surface area contributed by atoms with Crippen molar-refractivity contribution in [3.63, 3.8) is 0 Å². The van der Waals surface area contributed by atoms with Gasteiger partial charge in [0.05, 0.1) is 22.4 Å². The molecule has 0 aliphatic carbocycles. The van der Waals surface area contributed by atoms with Crippen LogP contribution in [-0.2, 0) is 4.79 Å². The second kappa shape index (κ2) is 9.45. The largest absolute Gasteiger partial charge is 0.309 e. The zero-order valence-corrected chi connectivity index (χ0v) is 14.1. The zero-order chi connectivity index (χ0) is 20.5. The summed E-state index contributed by atoms with van der Waals surface area (Å²) in [6.07, 6.45) is 3.35. The third kappa shape index (κ3) is 5.37. The normalized spacial score (nSPS) is 10.8. The molecule has 142 valence electrons. The topological polar surface area (TPSA) is 163 Å². The van der Waals surface area contributed by atoms with Crippen molar-refractivity contribution in [1.82, 2.24) is 5.43 Å². The number of nitrogens with zero attached hydrogens (tertiary/aromatic N) is 3. The van der Waals surface area contributed by atoms with Crippen molar-refractivity contribution in [1.29, 1.82) is 0 Å². The van der Waals surface area contributed by atoms with E-state index in [1.807, 2.05) is 5.48 Å². The van der Waals surface area contributed by atoms with Gasteiger partial charge in [-0.2, -0.15) is 5.10 Å². The lowest BCUT2D eigenvalue weighted by molar-refractivity contribution is -0.385. The van der Waals surface area contributed by atoms with Crippen LogP contribution in [0.2, 0.25) is 0 Å². The number of benzene rings is 2. The summed E-state index contributed by atoms with van der Waals surface area (Å²) in [7, 11) is 0. The second-order valence-corrected chi connectivity index (χ2v) is 5.23. The smallest absolute Gasteiger partial charge is 0.291 e. The van der Waals surface area contributed by atoms with Crippen molar-refractivity contribution in [2.45, 2.75) is 0 Å². The molecule has 2 aromatic carbocycles. The lowest BCUT2D eigenvalue weighted by atomic mass is 10.1. The van der Waals surface area contributed by atoms with Gasteiger partial charge in [-0.15, -0.1) is 4.91 Å². The molecular formula is C17H13N5O6. The van der Waals surface area contributed by atoms with Crippen molar-refractivity contribution in [3.05, 3.63) is 80.3 Å². The van der Waals surface area contributed by atoms with E-state index in [0.29, 0.717) is 5.56 Å². The van der Waals surface area contributed by atoms with Crippen LogP contribution in [0.3, 0.4) is 0 Å². The van der Waals surface area contributed by atoms with E-state index in [9.17, 15) is 24.6 Å². The molecule has 28 heavy (non-hydrogen) atoms. The van der Waals surface area contributed by atoms with E-state index in [1.54, 1.807) is 12.1 Å². The summed E-state index contributed by atoms with van der Waals surface area (Å²) in [6.45, 7) is 0. The maximum atomic E-state index is 12.2. The molecule has 0 unspecified atom stereocenters. The number of hydrogen-bond donors (Lipinski definition) is 3. The predicted octanol–water partition coefficient (Wildman–Crippen LogP) is 2.47. The number of carbonyl (C=O) groups excluding carboxylic acids is 2. The lowest BCUT2D eigenvalue weighted by Gasteiger charge is -2.03. The van der Waals surface area contributed by atoms with E-state index in [2.05, 4.69) is 15.7 Å². The lowest BCUT2D eigenvalue weighted by Crippen LogP contribution is -2.17. The van der Waals surface area contributed by atoms with Gasteiger partial charge in [0, 0.05) is 22.9 Å². The number of hydrogen-bond acceptors (Lipinski definition) is 8. The van der Waals surface area contributed by atoms with E-state index in [1.165, 1.54) is 36.4 Å². The maximum absolute atomic E-state index is 12.2. The molecule has 2 amide bonds. The summed E-state index contributed by atoms with van der Waals surface area (Å²) in [5.74, 6) is -1.56. The molecule has 0 fully saturated rings. The molecule has 0 aliphatic rings. The molecule has 0 bridgehead atoms. The number of nitro benzene ring substituents is 1. The first-order valence-corrected chi connectivity index (χ1v) is 7.62. The number of nitro groups is 1. The third-order valence-corrected chi connectivity index (χ3v) is 3.38. The molecule has 0 spiro atoms. The summed E-state index contributed by atoms with van der Waals surface area (Å²) in [4.78, 5) is 43.5. The van der Waals surface area contributed by atoms with Crippen molar-refractivity contribution in [2.75, 3.05) is 5.48 Å². The van der Waals surface area contributed by atoms with Crippen LogP contribution in [0.25, 0.3) is 6.08 Å². The summed E-state index contributed by atoms with van der Waals surface area (Å²) in [5, 5.41) is 25.8. The number of rotatable bonds is 7. The Labute approximate surface area is 157 Å². The van der Waals surface area contributed by atoms with Gasteiger partial charge >= 0.3 is 5.91 Å². The molecule has 11 nitrogen and oxygen atoms in total. The van der Waals surface area contributed by atoms with Crippen molar-refractivity contribution >= 4 is 35.5 Å². The van der Waals surface area contributed by atoms with Crippen LogP contribution in [0, 0.1) is 15.0 Å². The van der Waals surface area contributed by atoms with E-state index >= 15 is 0 Å². The minimum absolute atomic E-state index is 0.0564. The molecule has 0 saturated carbocycles. The highest BCUT2D eigenvalue weighted by Crippen LogP contribution is 2.20. The Morgan fingerprint density at radius 3 is 2.64 bits per heavy atom. The van der Waals surface area contributed by atoms with Gasteiger partial charge in [0.1, 0.15) is 0 Å². The molecule has 2 aromatic rings. The van der Waals surface area contributed by atoms with Gasteiger partial charge in [-0.25, -0.2) is 5.43 Å². The number of nitrogens with one attached hydrogen (secondary N) is 2. The van der Waals surface area contributed by atoms with Crippen LogP contribution >= 0.6 is 0 Å². The molecule has 0 aromatic heterocycles. The van der Waals surface area contributed by atoms with Gasteiger partial charge in [-0.1, -0.05) is 12.1 Å². The Balaban J connectivity index is 2.14. The van der Waals surface area contributed by atoms with Crippen LogP contribution in [-0.4, -0.2) is 28.2 Å². The summed E-state index contributed by atoms with van der Waals surface area (Å²) in [5.41, 5.74) is 4.75. The van der Waals surface area contributed by atoms with Crippen LogP contribution in [0.5, 0.6) is 0 Å². The highest BCUT2D eigenvalue weighted by Gasteiger charge is 2.13. The Kier molecular flexibility index (Phi) is 6.77. The number of nitroso groups, excluding NO2 is 1. The molecule has 11 heteroatoms. The SMILES string of the molecule is O=NC(=O)C=Cc1cccc(C(=O)NN=Cc2cc(NO)ccc2[N+](=O)[O-])c1. The maximum Gasteiger partial charge on any atom is 0.309 e. The Morgan fingerprint density at radius 1 is 1.18 bits per heavy atom. The molecule has 0 heterocycles. The van der Waals surface area contributed by atoms with Crippen molar-refractivity contribution < 1.29 is 19.7 Å². The fraction of sp³-hybridized carbons (Fsp3) is 0. The third-order valence-electron chi connectivity index (χ3n) is 3.38. The first kappa shape index (κ1) is 20.1. The van der Waals surface area contributed by atoms with E-state index in [4.69, 9.17) is 5.21 Å². The number of hydrazone groups is 1. The average Bonchev–Trinajstić information content (AvgIpc) is 2.71. The summed E-state index contributed by atoms with van der Waals surface area (Å²) >= 11 is 0.